The van der Waals surface area contributed by atoms with E-state index >= 15 is 0 Å². The molecular weight excluding hydrogens is 152 g/mol. The summed E-state index contributed by atoms with van der Waals surface area (Å²) in [7, 11) is 0. The lowest BCUT2D eigenvalue weighted by atomic mass is 10.2. The van der Waals surface area contributed by atoms with Crippen molar-refractivity contribution in [3.05, 3.63) is 24.4 Å². The molecule has 4 heteroatoms. The highest BCUT2D eigenvalue weighted by Gasteiger charge is 1.95. The number of hydrogen-bond acceptors (Lipinski definition) is 4. The number of hydrogen-bond donors (Lipinski definition) is 2. The molecule has 60 valence electrons. The Morgan fingerprint density at radius 2 is 2.00 bits per heavy atom. The average Bonchev–Trinajstić information content (AvgIpc) is 2.03. The number of aromatic nitrogens is 2. The monoisotopic (exact) mass is 160 g/mol. The molecule has 0 saturated carbocycles. The lowest BCUT2D eigenvalue weighted by Crippen LogP contribution is -1.94. The fraction of sp³-hybridized carbons (Fsp3) is 0. The maximum Gasteiger partial charge on any atom is 0.220 e. The van der Waals surface area contributed by atoms with E-state index in [0.29, 0.717) is 5.69 Å². The molecule has 0 amide bonds. The molecule has 1 aromatic carbocycles. The van der Waals surface area contributed by atoms with Gasteiger partial charge in [0.05, 0.1) is 5.52 Å². The molecule has 0 atom stereocenters. The van der Waals surface area contributed by atoms with E-state index in [9.17, 15) is 0 Å². The predicted molar refractivity (Wildman–Crippen MR) is 48.4 cm³/mol. The van der Waals surface area contributed by atoms with Gasteiger partial charge in [0.25, 0.3) is 0 Å². The molecule has 4 nitrogen and oxygen atoms in total. The van der Waals surface area contributed by atoms with Crippen LogP contribution in [0.4, 0.5) is 11.6 Å². The number of nitrogens with zero attached hydrogens (tertiary/aromatic N) is 2. The van der Waals surface area contributed by atoms with Gasteiger partial charge >= 0.3 is 0 Å². The smallest absolute Gasteiger partial charge is 0.220 e. The highest BCUT2D eigenvalue weighted by Crippen LogP contribution is 2.14. The van der Waals surface area contributed by atoms with Crippen molar-refractivity contribution in [1.82, 2.24) is 9.97 Å². The number of nitrogens with two attached hydrogens (primary N) is 2. The maximum atomic E-state index is 5.57. The Bertz CT molecular complexity index is 388. The molecule has 0 aliphatic rings. The van der Waals surface area contributed by atoms with E-state index in [0.717, 1.165) is 10.9 Å². The van der Waals surface area contributed by atoms with Crippen molar-refractivity contribution in [1.29, 1.82) is 0 Å². The van der Waals surface area contributed by atoms with Crippen LogP contribution in [0.2, 0.25) is 0 Å². The maximum absolute atomic E-state index is 5.57. The number of rotatable bonds is 0. The molecule has 12 heavy (non-hydrogen) atoms. The fourth-order valence-corrected chi connectivity index (χ4v) is 1.05. The van der Waals surface area contributed by atoms with Crippen molar-refractivity contribution >= 4 is 22.5 Å². The Kier molecular flexibility index (Phi) is 1.33. The normalized spacial score (nSPS) is 10.3. The number of fused-ring (bicyclic) bond motifs is 1. The van der Waals surface area contributed by atoms with Gasteiger partial charge in [-0.05, 0) is 18.2 Å². The summed E-state index contributed by atoms with van der Waals surface area (Å²) < 4.78 is 0. The molecule has 2 rings (SSSR count). The van der Waals surface area contributed by atoms with Crippen LogP contribution in [0.5, 0.6) is 0 Å². The Morgan fingerprint density at radius 1 is 1.17 bits per heavy atom. The zero-order valence-electron chi connectivity index (χ0n) is 6.36. The van der Waals surface area contributed by atoms with Gasteiger partial charge in [0, 0.05) is 17.3 Å². The van der Waals surface area contributed by atoms with Crippen LogP contribution in [-0.2, 0) is 0 Å². The highest BCUT2D eigenvalue weighted by molar-refractivity contribution is 5.81. The molecule has 0 unspecified atom stereocenters. The first-order valence-electron chi connectivity index (χ1n) is 3.53. The predicted octanol–water partition coefficient (Wildman–Crippen LogP) is 0.794. The first-order valence-corrected chi connectivity index (χ1v) is 3.53. The van der Waals surface area contributed by atoms with E-state index in [4.69, 9.17) is 11.5 Å². The molecule has 0 spiro atoms. The van der Waals surface area contributed by atoms with Crippen LogP contribution in [0, 0.1) is 0 Å². The van der Waals surface area contributed by atoms with E-state index < -0.39 is 0 Å². The fourth-order valence-electron chi connectivity index (χ4n) is 1.05. The molecule has 2 aromatic rings. The third-order valence-corrected chi connectivity index (χ3v) is 1.63. The van der Waals surface area contributed by atoms with Crippen molar-refractivity contribution in [2.24, 2.45) is 0 Å². The molecule has 1 heterocycles. The second kappa shape index (κ2) is 2.34. The summed E-state index contributed by atoms with van der Waals surface area (Å²) in [6.07, 6.45) is 1.68. The van der Waals surface area contributed by atoms with Gasteiger partial charge in [-0.15, -0.1) is 0 Å². The largest absolute Gasteiger partial charge is 0.399 e. The van der Waals surface area contributed by atoms with Gasteiger partial charge in [0.1, 0.15) is 0 Å². The van der Waals surface area contributed by atoms with Gasteiger partial charge in [-0.1, -0.05) is 0 Å². The Labute approximate surface area is 69.2 Å². The average molecular weight is 160 g/mol. The van der Waals surface area contributed by atoms with E-state index in [1.165, 1.54) is 0 Å². The molecule has 4 N–H and O–H groups in total. The summed E-state index contributed by atoms with van der Waals surface area (Å²) in [5.41, 5.74) is 12.4. The number of anilines is 2. The summed E-state index contributed by atoms with van der Waals surface area (Å²) in [6, 6.07) is 5.44. The van der Waals surface area contributed by atoms with E-state index in [2.05, 4.69) is 9.97 Å². The second-order valence-corrected chi connectivity index (χ2v) is 2.55. The third-order valence-electron chi connectivity index (χ3n) is 1.63. The Morgan fingerprint density at radius 3 is 2.83 bits per heavy atom. The van der Waals surface area contributed by atoms with Gasteiger partial charge in [0.2, 0.25) is 5.95 Å². The van der Waals surface area contributed by atoms with E-state index in [-0.39, 0.29) is 5.95 Å². The standard InChI is InChI=1S/C8H8N4/c9-6-2-1-5-4-11-8(10)12-7(5)3-6/h1-4H,9H2,(H2,10,11,12). The topological polar surface area (TPSA) is 77.8 Å². The minimum Gasteiger partial charge on any atom is -0.399 e. The van der Waals surface area contributed by atoms with Crippen molar-refractivity contribution in [2.75, 3.05) is 11.5 Å². The van der Waals surface area contributed by atoms with Gasteiger partial charge in [-0.25, -0.2) is 9.97 Å². The van der Waals surface area contributed by atoms with Gasteiger partial charge < -0.3 is 11.5 Å². The molecule has 1 aromatic heterocycles. The summed E-state index contributed by atoms with van der Waals surface area (Å²) >= 11 is 0. The van der Waals surface area contributed by atoms with Crippen LogP contribution in [0.15, 0.2) is 24.4 Å². The Balaban J connectivity index is 2.80. The molecule has 0 saturated heterocycles. The summed E-state index contributed by atoms with van der Waals surface area (Å²) in [5, 5.41) is 0.943. The van der Waals surface area contributed by atoms with Crippen molar-refractivity contribution in [3.8, 4) is 0 Å². The molecular formula is C8H8N4. The van der Waals surface area contributed by atoms with Gasteiger partial charge in [0.15, 0.2) is 0 Å². The van der Waals surface area contributed by atoms with Crippen LogP contribution in [0.1, 0.15) is 0 Å². The zero-order valence-corrected chi connectivity index (χ0v) is 6.36. The summed E-state index contributed by atoms with van der Waals surface area (Å²) in [4.78, 5) is 7.89. The first kappa shape index (κ1) is 6.84. The molecule has 0 aliphatic carbocycles. The summed E-state index contributed by atoms with van der Waals surface area (Å²) in [6.45, 7) is 0. The minimum atomic E-state index is 0.271. The lowest BCUT2D eigenvalue weighted by molar-refractivity contribution is 1.24. The van der Waals surface area contributed by atoms with Crippen LogP contribution in [0.3, 0.4) is 0 Å². The molecule has 0 aliphatic heterocycles. The third kappa shape index (κ3) is 1.03. The lowest BCUT2D eigenvalue weighted by Gasteiger charge is -1.98. The number of benzene rings is 1. The van der Waals surface area contributed by atoms with E-state index in [1.54, 1.807) is 12.3 Å². The van der Waals surface area contributed by atoms with Crippen molar-refractivity contribution in [2.45, 2.75) is 0 Å². The van der Waals surface area contributed by atoms with Crippen molar-refractivity contribution in [3.63, 3.8) is 0 Å². The minimum absolute atomic E-state index is 0.271. The van der Waals surface area contributed by atoms with Crippen molar-refractivity contribution < 1.29 is 0 Å². The van der Waals surface area contributed by atoms with Gasteiger partial charge in [-0.3, -0.25) is 0 Å². The SMILES string of the molecule is Nc1ccc2cnc(N)nc2c1. The van der Waals surface area contributed by atoms with Crippen LogP contribution < -0.4 is 11.5 Å². The van der Waals surface area contributed by atoms with Crippen LogP contribution >= 0.6 is 0 Å². The second-order valence-electron chi connectivity index (χ2n) is 2.55. The molecule has 0 bridgehead atoms. The quantitative estimate of drug-likeness (QED) is 0.558. The van der Waals surface area contributed by atoms with Gasteiger partial charge in [-0.2, -0.15) is 0 Å². The molecule has 0 radical (unpaired) electrons. The molecule has 0 fully saturated rings. The van der Waals surface area contributed by atoms with Crippen LogP contribution in [-0.4, -0.2) is 9.97 Å². The first-order chi connectivity index (χ1) is 5.75. The Hall–Kier alpha value is -1.84. The number of nitrogen functional groups attached to an aromatic ring is 2. The van der Waals surface area contributed by atoms with E-state index in [1.807, 2.05) is 12.1 Å². The van der Waals surface area contributed by atoms with Crippen LogP contribution in [0.25, 0.3) is 10.9 Å². The highest BCUT2D eigenvalue weighted by atomic mass is 15.0. The zero-order chi connectivity index (χ0) is 8.55. The summed E-state index contributed by atoms with van der Waals surface area (Å²) in [5.74, 6) is 0.271.